The number of benzene rings is 4. The van der Waals surface area contributed by atoms with Gasteiger partial charge in [0.25, 0.3) is 0 Å². The molecule has 0 aliphatic heterocycles. The lowest BCUT2D eigenvalue weighted by Crippen LogP contribution is -2.29. The van der Waals surface area contributed by atoms with Crippen LogP contribution in [0.25, 0.3) is 59.8 Å². The van der Waals surface area contributed by atoms with Crippen LogP contribution in [-0.2, 0) is 13.2 Å². The van der Waals surface area contributed by atoms with Gasteiger partial charge in [-0.15, -0.1) is 0 Å². The van der Waals surface area contributed by atoms with Gasteiger partial charge in [0.1, 0.15) is 7.05 Å². The minimum absolute atomic E-state index is 0.273. The van der Waals surface area contributed by atoms with Crippen molar-refractivity contribution in [2.45, 2.75) is 13.1 Å². The Morgan fingerprint density at radius 3 is 2.27 bits per heavy atom. The van der Waals surface area contributed by atoms with Crippen molar-refractivity contribution >= 4 is 59.8 Å². The Kier molecular flexibility index (Phi) is 3.36. The SMILES string of the molecule is Cc1c2ccccc2cc2c1c1c3c(cc[n+]1C)cc(C(F)(F)F)c1c4ccccc4n2c13. The van der Waals surface area contributed by atoms with Gasteiger partial charge in [-0.2, -0.15) is 13.2 Å². The summed E-state index contributed by atoms with van der Waals surface area (Å²) in [6.45, 7) is 2.11. The molecule has 0 bridgehead atoms. The van der Waals surface area contributed by atoms with Crippen LogP contribution in [0.1, 0.15) is 11.1 Å². The molecule has 0 saturated heterocycles. The first-order valence-electron chi connectivity index (χ1n) is 10.8. The summed E-state index contributed by atoms with van der Waals surface area (Å²) < 4.78 is 47.1. The van der Waals surface area contributed by atoms with Crippen LogP contribution < -0.4 is 4.57 Å². The van der Waals surface area contributed by atoms with Crippen LogP contribution in [-0.4, -0.2) is 4.40 Å². The van der Waals surface area contributed by atoms with Crippen LogP contribution in [0.2, 0.25) is 0 Å². The van der Waals surface area contributed by atoms with E-state index in [9.17, 15) is 13.2 Å². The average Bonchev–Trinajstić information content (AvgIpc) is 3.14. The highest BCUT2D eigenvalue weighted by Gasteiger charge is 2.37. The number of halogens is 3. The van der Waals surface area contributed by atoms with Gasteiger partial charge in [-0.05, 0) is 46.8 Å². The lowest BCUT2D eigenvalue weighted by molar-refractivity contribution is -0.643. The second-order valence-electron chi connectivity index (χ2n) is 8.85. The van der Waals surface area contributed by atoms with E-state index in [2.05, 4.69) is 25.1 Å². The predicted molar refractivity (Wildman–Crippen MR) is 127 cm³/mol. The van der Waals surface area contributed by atoms with Gasteiger partial charge in [-0.25, -0.2) is 4.57 Å². The molecule has 5 heteroatoms. The summed E-state index contributed by atoms with van der Waals surface area (Å²) in [5.74, 6) is 0. The summed E-state index contributed by atoms with van der Waals surface area (Å²) >= 11 is 0. The summed E-state index contributed by atoms with van der Waals surface area (Å²) in [6.07, 6.45) is -2.60. The molecule has 7 aromatic rings. The number of hydrogen-bond acceptors (Lipinski definition) is 0. The lowest BCUT2D eigenvalue weighted by Gasteiger charge is -2.16. The van der Waals surface area contributed by atoms with E-state index in [0.717, 1.165) is 43.7 Å². The maximum absolute atomic E-state index is 14.3. The van der Waals surface area contributed by atoms with Gasteiger partial charge in [0.05, 0.1) is 32.9 Å². The van der Waals surface area contributed by atoms with E-state index in [1.165, 1.54) is 6.07 Å². The minimum Gasteiger partial charge on any atom is -0.307 e. The summed E-state index contributed by atoms with van der Waals surface area (Å²) in [5, 5.41) is 5.65. The summed E-state index contributed by atoms with van der Waals surface area (Å²) in [7, 11) is 1.97. The van der Waals surface area contributed by atoms with E-state index in [-0.39, 0.29) is 5.39 Å². The smallest absolute Gasteiger partial charge is 0.307 e. The van der Waals surface area contributed by atoms with Crippen molar-refractivity contribution in [2.24, 2.45) is 7.05 Å². The second-order valence-corrected chi connectivity index (χ2v) is 8.85. The molecule has 0 radical (unpaired) electrons. The summed E-state index contributed by atoms with van der Waals surface area (Å²) in [6, 6.07) is 20.8. The molecule has 4 aromatic carbocycles. The van der Waals surface area contributed by atoms with Gasteiger partial charge >= 0.3 is 6.18 Å². The highest BCUT2D eigenvalue weighted by molar-refractivity contribution is 6.29. The minimum atomic E-state index is -4.46. The van der Waals surface area contributed by atoms with Crippen LogP contribution >= 0.6 is 0 Å². The predicted octanol–water partition coefficient (Wildman–Crippen LogP) is 7.29. The molecule has 7 rings (SSSR count). The third-order valence-corrected chi connectivity index (χ3v) is 7.11. The van der Waals surface area contributed by atoms with Gasteiger partial charge in [-0.3, -0.25) is 0 Å². The van der Waals surface area contributed by atoms with Crippen molar-refractivity contribution < 1.29 is 17.7 Å². The van der Waals surface area contributed by atoms with E-state index in [0.29, 0.717) is 16.3 Å². The number of para-hydroxylation sites is 1. The molecule has 0 saturated carbocycles. The fourth-order valence-electron chi connectivity index (χ4n) is 5.77. The fraction of sp³-hybridized carbons (Fsp3) is 0.107. The molecule has 0 atom stereocenters. The number of pyridine rings is 2. The largest absolute Gasteiger partial charge is 0.417 e. The van der Waals surface area contributed by atoms with Crippen molar-refractivity contribution in [1.82, 2.24) is 4.40 Å². The van der Waals surface area contributed by atoms with Crippen LogP contribution in [0.4, 0.5) is 13.2 Å². The van der Waals surface area contributed by atoms with Gasteiger partial charge in [0.15, 0.2) is 6.20 Å². The Hall–Kier alpha value is -3.86. The van der Waals surface area contributed by atoms with Gasteiger partial charge in [0.2, 0.25) is 5.52 Å². The summed E-state index contributed by atoms with van der Waals surface area (Å²) in [4.78, 5) is 0. The zero-order valence-electron chi connectivity index (χ0n) is 18.0. The van der Waals surface area contributed by atoms with Gasteiger partial charge < -0.3 is 4.40 Å². The maximum Gasteiger partial charge on any atom is 0.417 e. The van der Waals surface area contributed by atoms with E-state index >= 15 is 0 Å². The number of rotatable bonds is 0. The van der Waals surface area contributed by atoms with Crippen molar-refractivity contribution in [1.29, 1.82) is 0 Å². The molecule has 3 aromatic heterocycles. The summed E-state index contributed by atoms with van der Waals surface area (Å²) in [5.41, 5.74) is 3.85. The zero-order chi connectivity index (χ0) is 22.6. The van der Waals surface area contributed by atoms with Crippen molar-refractivity contribution in [3.63, 3.8) is 0 Å². The third kappa shape index (κ3) is 2.22. The number of aromatic nitrogens is 2. The third-order valence-electron chi connectivity index (χ3n) is 7.11. The number of hydrogen-bond donors (Lipinski definition) is 0. The Bertz CT molecular complexity index is 1930. The molecular formula is C28H18F3N2+. The highest BCUT2D eigenvalue weighted by Crippen LogP contribution is 2.47. The number of nitrogens with zero attached hydrogens (tertiary/aromatic N) is 2. The molecule has 33 heavy (non-hydrogen) atoms. The Morgan fingerprint density at radius 2 is 1.48 bits per heavy atom. The van der Waals surface area contributed by atoms with Gasteiger partial charge in [-0.1, -0.05) is 42.5 Å². The molecule has 0 aliphatic rings. The topological polar surface area (TPSA) is 8.29 Å². The average molecular weight is 439 g/mol. The Labute approximate surface area is 186 Å². The fourth-order valence-corrected chi connectivity index (χ4v) is 5.77. The Balaban J connectivity index is 1.96. The monoisotopic (exact) mass is 439 g/mol. The number of fused-ring (bicyclic) bond motifs is 7. The lowest BCUT2D eigenvalue weighted by atomic mass is 9.94. The van der Waals surface area contributed by atoms with Crippen molar-refractivity contribution in [2.75, 3.05) is 0 Å². The molecular weight excluding hydrogens is 421 g/mol. The first kappa shape index (κ1) is 18.7. The van der Waals surface area contributed by atoms with Crippen LogP contribution in [0.3, 0.4) is 0 Å². The first-order chi connectivity index (χ1) is 15.9. The molecule has 0 unspecified atom stereocenters. The molecule has 0 aliphatic carbocycles. The molecule has 2 nitrogen and oxygen atoms in total. The molecule has 0 fully saturated rings. The second kappa shape index (κ2) is 5.93. The van der Waals surface area contributed by atoms with E-state index in [4.69, 9.17) is 0 Å². The van der Waals surface area contributed by atoms with Crippen LogP contribution in [0.15, 0.2) is 72.9 Å². The molecule has 0 amide bonds. The number of alkyl halides is 3. The van der Waals surface area contributed by atoms with E-state index < -0.39 is 11.7 Å². The molecule has 0 N–H and O–H groups in total. The first-order valence-corrected chi connectivity index (χ1v) is 10.8. The maximum atomic E-state index is 14.3. The Morgan fingerprint density at radius 1 is 0.758 bits per heavy atom. The zero-order valence-corrected chi connectivity index (χ0v) is 18.0. The number of aryl methyl sites for hydroxylation is 2. The van der Waals surface area contributed by atoms with E-state index in [1.54, 1.807) is 12.1 Å². The quantitative estimate of drug-likeness (QED) is 0.133. The van der Waals surface area contributed by atoms with Crippen LogP contribution in [0, 0.1) is 6.92 Å². The van der Waals surface area contributed by atoms with Gasteiger partial charge in [0, 0.05) is 16.8 Å². The molecule has 0 spiro atoms. The molecule has 160 valence electrons. The van der Waals surface area contributed by atoms with Crippen molar-refractivity contribution in [3.8, 4) is 0 Å². The van der Waals surface area contributed by atoms with Crippen molar-refractivity contribution in [3.05, 3.63) is 84.1 Å². The highest BCUT2D eigenvalue weighted by atomic mass is 19.4. The standard InChI is InChI=1S/C28H18F3N2/c1-15-18-8-4-3-7-16(18)14-22-23(15)26-24-17(11-12-32(26)2)13-20(28(29,30)31)25-19-9-5-6-10-21(19)33(22)27(24)25/h3-14H,1-2H3/q+1. The normalized spacial score (nSPS) is 13.0. The molecule has 3 heterocycles. The van der Waals surface area contributed by atoms with Crippen LogP contribution in [0.5, 0.6) is 0 Å². The van der Waals surface area contributed by atoms with E-state index in [1.807, 2.05) is 52.5 Å².